The number of aromatic nitrogens is 4. The molecule has 15 heteroatoms. The smallest absolute Gasteiger partial charge is 0.348 e. The van der Waals surface area contributed by atoms with Crippen LogP contribution in [0.1, 0.15) is 30.7 Å². The van der Waals surface area contributed by atoms with Crippen molar-refractivity contribution >= 4 is 39.1 Å². The second kappa shape index (κ2) is 19.9. The summed E-state index contributed by atoms with van der Waals surface area (Å²) in [6.45, 7) is 11.1. The monoisotopic (exact) mass is 916 g/mol. The van der Waals surface area contributed by atoms with Crippen LogP contribution >= 0.6 is 22.9 Å². The highest BCUT2D eigenvalue weighted by Gasteiger charge is 2.42. The number of rotatable bonds is 16. The Kier molecular flexibility index (Phi) is 13.9. The fourth-order valence-electron chi connectivity index (χ4n) is 8.02. The summed E-state index contributed by atoms with van der Waals surface area (Å²) in [5, 5.41) is 1.02. The van der Waals surface area contributed by atoms with Crippen molar-refractivity contribution in [3.05, 3.63) is 131 Å². The zero-order chi connectivity index (χ0) is 45.7. The van der Waals surface area contributed by atoms with E-state index in [-0.39, 0.29) is 18.3 Å². The van der Waals surface area contributed by atoms with E-state index in [1.54, 1.807) is 31.5 Å². The van der Waals surface area contributed by atoms with E-state index in [4.69, 9.17) is 40.3 Å². The Labute approximate surface area is 386 Å². The number of ether oxygens (including phenoxy) is 5. The quantitative estimate of drug-likeness (QED) is 0.0859. The Hall–Kier alpha value is -6.19. The fraction of sp³-hybridized carbons (Fsp3) is 0.300. The van der Waals surface area contributed by atoms with Gasteiger partial charge in [0.05, 0.1) is 35.9 Å². The molecule has 0 saturated carbocycles. The van der Waals surface area contributed by atoms with Crippen LogP contribution < -0.4 is 18.9 Å². The van der Waals surface area contributed by atoms with Gasteiger partial charge in [-0.2, -0.15) is 0 Å². The molecule has 8 rings (SSSR count). The van der Waals surface area contributed by atoms with Crippen LogP contribution in [0.4, 0.5) is 4.39 Å². The number of carbonyl (C=O) groups is 1. The summed E-state index contributed by atoms with van der Waals surface area (Å²) in [6, 6.07) is 26.9. The number of esters is 1. The Balaban J connectivity index is 1.14. The molecule has 0 unspecified atom stereocenters. The van der Waals surface area contributed by atoms with Gasteiger partial charge in [-0.15, -0.1) is 11.3 Å². The summed E-state index contributed by atoms with van der Waals surface area (Å²) in [5.41, 5.74) is 4.03. The van der Waals surface area contributed by atoms with E-state index in [0.717, 1.165) is 65.4 Å². The van der Waals surface area contributed by atoms with E-state index >= 15 is 0 Å². The number of methoxy groups -OCH3 is 2. The first-order valence-electron chi connectivity index (χ1n) is 21.3. The lowest BCUT2D eigenvalue weighted by Crippen LogP contribution is -2.45. The largest absolute Gasteiger partial charge is 0.496 e. The van der Waals surface area contributed by atoms with Crippen LogP contribution in [0.5, 0.6) is 23.1 Å². The number of halogens is 2. The minimum Gasteiger partial charge on any atom is -0.496 e. The summed E-state index contributed by atoms with van der Waals surface area (Å²) in [7, 11) is 5.07. The molecule has 65 heavy (non-hydrogen) atoms. The maximum Gasteiger partial charge on any atom is 0.348 e. The summed E-state index contributed by atoms with van der Waals surface area (Å²) < 4.78 is 44.8. The van der Waals surface area contributed by atoms with E-state index in [1.165, 1.54) is 36.9 Å². The summed E-state index contributed by atoms with van der Waals surface area (Å²) in [6.07, 6.45) is 1.86. The molecule has 0 N–H and O–H groups in total. The molecular weight excluding hydrogens is 867 g/mol. The number of para-hydroxylation sites is 2. The topological polar surface area (TPSA) is 121 Å². The molecule has 0 aliphatic carbocycles. The highest BCUT2D eigenvalue weighted by Crippen LogP contribution is 2.50. The number of hydrogen-bond donors (Lipinski definition) is 0. The van der Waals surface area contributed by atoms with Crippen LogP contribution in [-0.2, 0) is 21.6 Å². The predicted molar refractivity (Wildman–Crippen MR) is 252 cm³/mol. The third kappa shape index (κ3) is 9.76. The molecule has 0 amide bonds. The minimum absolute atomic E-state index is 0.112. The average Bonchev–Trinajstić information content (AvgIpc) is 3.72. The Morgan fingerprint density at radius 3 is 2.35 bits per heavy atom. The van der Waals surface area contributed by atoms with Crippen LogP contribution in [0.2, 0.25) is 5.02 Å². The Morgan fingerprint density at radius 2 is 1.60 bits per heavy atom. The second-order valence-electron chi connectivity index (χ2n) is 16.3. The van der Waals surface area contributed by atoms with Crippen LogP contribution in [-0.4, -0.2) is 102 Å². The number of likely N-dealkylation sites (N-methyl/N-ethyl adjacent to an activating group) is 1. The zero-order valence-corrected chi connectivity index (χ0v) is 38.7. The molecule has 12 nitrogen and oxygen atoms in total. The number of nitrogens with zero attached hydrogens (tertiary/aromatic N) is 6. The fourth-order valence-corrected chi connectivity index (χ4v) is 9.39. The molecule has 0 bridgehead atoms. The highest BCUT2D eigenvalue weighted by atomic mass is 35.5. The molecule has 4 aromatic carbocycles. The summed E-state index contributed by atoms with van der Waals surface area (Å²) in [5.74, 6) is 1.42. The maximum absolute atomic E-state index is 14.3. The second-order valence-corrected chi connectivity index (χ2v) is 17.7. The average molecular weight is 918 g/mol. The Bertz CT molecular complexity index is 2800. The molecule has 1 saturated heterocycles. The molecule has 4 heterocycles. The third-order valence-electron chi connectivity index (χ3n) is 11.8. The van der Waals surface area contributed by atoms with Crippen molar-refractivity contribution in [2.45, 2.75) is 38.9 Å². The van der Waals surface area contributed by atoms with Crippen molar-refractivity contribution in [2.75, 3.05) is 60.6 Å². The van der Waals surface area contributed by atoms with Gasteiger partial charge in [0.1, 0.15) is 47.4 Å². The minimum atomic E-state index is -1.23. The molecule has 0 radical (unpaired) electrons. The van der Waals surface area contributed by atoms with E-state index < -0.39 is 17.5 Å². The van der Waals surface area contributed by atoms with Crippen LogP contribution in [0.15, 0.2) is 104 Å². The van der Waals surface area contributed by atoms with Gasteiger partial charge in [0.25, 0.3) is 0 Å². The highest BCUT2D eigenvalue weighted by molar-refractivity contribution is 7.22. The van der Waals surface area contributed by atoms with Crippen LogP contribution in [0.25, 0.3) is 43.2 Å². The first kappa shape index (κ1) is 45.4. The zero-order valence-electron chi connectivity index (χ0n) is 37.1. The van der Waals surface area contributed by atoms with E-state index in [0.29, 0.717) is 56.2 Å². The number of benzene rings is 4. The first-order valence-corrected chi connectivity index (χ1v) is 22.4. The molecule has 1 aliphatic rings. The lowest BCUT2D eigenvalue weighted by molar-refractivity contribution is -0.152. The number of fused-ring (bicyclic) bond motifs is 1. The molecule has 7 aromatic rings. The van der Waals surface area contributed by atoms with Crippen LogP contribution in [0.3, 0.4) is 0 Å². The SMILES string of the molecule is COC(=O)[C@H](Oc1ncnc2sc(-c3ccc(F)cc3)c(-c3ccc(OCCN4CCN(C)CC4)c(Cl)c3C)c12)C(C)(C)c1ccccc1OCc1ccnc(-c2ccccc2OC)n1. The summed E-state index contributed by atoms with van der Waals surface area (Å²) in [4.78, 5) is 38.7. The van der Waals surface area contributed by atoms with Crippen molar-refractivity contribution in [2.24, 2.45) is 0 Å². The van der Waals surface area contributed by atoms with Crippen LogP contribution in [0, 0.1) is 12.7 Å². The molecule has 1 atom stereocenters. The predicted octanol–water partition coefficient (Wildman–Crippen LogP) is 9.70. The lowest BCUT2D eigenvalue weighted by atomic mass is 9.78. The standard InChI is InChI=1S/C50H50ClFN6O6S/c1-31-35(19-20-40(43(31)51)62-28-27-58-25-23-57(4)24-26-58)41-42-47(54-30-55-48(42)65-44(41)32-15-17-33(52)18-16-32)64-45(49(59)61-6)50(2,3)37-12-8-10-14-39(37)63-29-34-21-22-53-46(56-34)36-11-7-9-13-38(36)60-5/h7-22,30,45H,23-29H2,1-6H3/t45-/m0/s1. The Morgan fingerprint density at radius 1 is 0.862 bits per heavy atom. The molecule has 1 aliphatic heterocycles. The van der Waals surface area contributed by atoms with Gasteiger partial charge in [-0.25, -0.2) is 29.1 Å². The molecular formula is C50H50ClFN6O6S. The molecule has 336 valence electrons. The van der Waals surface area contributed by atoms with Gasteiger partial charge in [-0.05, 0) is 73.1 Å². The number of carbonyl (C=O) groups excluding carboxylic acids is 1. The van der Waals surface area contributed by atoms with Gasteiger partial charge in [-0.1, -0.05) is 74.0 Å². The normalized spacial score (nSPS) is 14.0. The van der Waals surface area contributed by atoms with Gasteiger partial charge in [0.2, 0.25) is 12.0 Å². The van der Waals surface area contributed by atoms with Crippen molar-refractivity contribution < 1.29 is 32.9 Å². The molecule has 0 spiro atoms. The van der Waals surface area contributed by atoms with Gasteiger partial charge < -0.3 is 28.6 Å². The van der Waals surface area contributed by atoms with Crippen molar-refractivity contribution in [3.8, 4) is 56.1 Å². The summed E-state index contributed by atoms with van der Waals surface area (Å²) >= 11 is 8.53. The van der Waals surface area contributed by atoms with Crippen molar-refractivity contribution in [1.82, 2.24) is 29.7 Å². The maximum atomic E-state index is 14.3. The van der Waals surface area contributed by atoms with E-state index in [1.807, 2.05) is 81.4 Å². The third-order valence-corrected chi connectivity index (χ3v) is 13.4. The number of thiophene rings is 1. The van der Waals surface area contributed by atoms with Crippen molar-refractivity contribution in [1.29, 1.82) is 0 Å². The van der Waals surface area contributed by atoms with Gasteiger partial charge in [0, 0.05) is 60.3 Å². The van der Waals surface area contributed by atoms with Crippen molar-refractivity contribution in [3.63, 3.8) is 0 Å². The molecule has 1 fully saturated rings. The van der Waals surface area contributed by atoms with Gasteiger partial charge in [-0.3, -0.25) is 4.90 Å². The van der Waals surface area contributed by atoms with Gasteiger partial charge in [0.15, 0.2) is 5.82 Å². The van der Waals surface area contributed by atoms with E-state index in [2.05, 4.69) is 31.8 Å². The lowest BCUT2D eigenvalue weighted by Gasteiger charge is -2.34. The number of hydrogen-bond acceptors (Lipinski definition) is 13. The molecule has 3 aromatic heterocycles. The van der Waals surface area contributed by atoms with E-state index in [9.17, 15) is 9.18 Å². The number of piperazine rings is 1. The first-order chi connectivity index (χ1) is 31.5. The van der Waals surface area contributed by atoms with Gasteiger partial charge >= 0.3 is 5.97 Å².